The largest absolute Gasteiger partial charge is 0.220 e. The molecule has 1 aliphatic carbocycles. The third-order valence-electron chi connectivity index (χ3n) is 6.56. The second kappa shape index (κ2) is 6.54. The van der Waals surface area contributed by atoms with Crippen LogP contribution in [0.3, 0.4) is 0 Å². The van der Waals surface area contributed by atoms with Gasteiger partial charge in [0.05, 0.1) is 5.39 Å². The van der Waals surface area contributed by atoms with E-state index in [1.165, 1.54) is 70.1 Å². The second-order valence-electron chi connectivity index (χ2n) is 8.22. The molecule has 0 saturated heterocycles. The molecule has 0 N–H and O–H groups in total. The van der Waals surface area contributed by atoms with E-state index in [4.69, 9.17) is 0 Å². The molecule has 0 spiro atoms. The van der Waals surface area contributed by atoms with Gasteiger partial charge in [-0.2, -0.15) is 4.57 Å². The van der Waals surface area contributed by atoms with Crippen molar-refractivity contribution < 1.29 is 4.57 Å². The third-order valence-corrected chi connectivity index (χ3v) is 6.56. The molecule has 4 rings (SSSR count). The van der Waals surface area contributed by atoms with Gasteiger partial charge in [-0.3, -0.25) is 0 Å². The van der Waals surface area contributed by atoms with Crippen molar-refractivity contribution in [1.29, 1.82) is 0 Å². The molecule has 1 heteroatoms. The van der Waals surface area contributed by atoms with Crippen LogP contribution in [0, 0.1) is 27.7 Å². The Bertz CT molecular complexity index is 991. The van der Waals surface area contributed by atoms with Crippen LogP contribution in [0.2, 0.25) is 0 Å². The third kappa shape index (κ3) is 2.74. The number of aromatic nitrogens is 1. The Hall–Kier alpha value is -2.15. The highest BCUT2D eigenvalue weighted by Gasteiger charge is 2.24. The SMILES string of the molecule is Cc1ccc(C)c(-c2c3ccc(C4CCCC4)cc3c(C)c(C)[n+]2C)c1. The smallest absolute Gasteiger partial charge is 0.198 e. The summed E-state index contributed by atoms with van der Waals surface area (Å²) < 4.78 is 2.38. The monoisotopic (exact) mass is 344 g/mol. The maximum absolute atomic E-state index is 2.49. The summed E-state index contributed by atoms with van der Waals surface area (Å²) in [6.07, 6.45) is 5.48. The van der Waals surface area contributed by atoms with Crippen LogP contribution < -0.4 is 4.57 Å². The average Bonchev–Trinajstić information content (AvgIpc) is 3.17. The first kappa shape index (κ1) is 17.3. The van der Waals surface area contributed by atoms with Crippen molar-refractivity contribution in [3.63, 3.8) is 0 Å². The molecule has 0 atom stereocenters. The minimum Gasteiger partial charge on any atom is -0.198 e. The van der Waals surface area contributed by atoms with E-state index >= 15 is 0 Å². The van der Waals surface area contributed by atoms with Crippen molar-refractivity contribution in [3.8, 4) is 11.3 Å². The van der Waals surface area contributed by atoms with Crippen LogP contribution >= 0.6 is 0 Å². The summed E-state index contributed by atoms with van der Waals surface area (Å²) in [6, 6.07) is 14.1. The lowest BCUT2D eigenvalue weighted by atomic mass is 9.90. The molecule has 0 aliphatic heterocycles. The Morgan fingerprint density at radius 1 is 0.846 bits per heavy atom. The summed E-state index contributed by atoms with van der Waals surface area (Å²) >= 11 is 0. The van der Waals surface area contributed by atoms with Crippen LogP contribution in [0.25, 0.3) is 22.0 Å². The summed E-state index contributed by atoms with van der Waals surface area (Å²) in [7, 11) is 2.21. The first-order valence-corrected chi connectivity index (χ1v) is 9.98. The van der Waals surface area contributed by atoms with Gasteiger partial charge in [-0.05, 0) is 68.2 Å². The number of pyridine rings is 1. The van der Waals surface area contributed by atoms with Crippen molar-refractivity contribution >= 4 is 10.8 Å². The average molecular weight is 345 g/mol. The zero-order valence-electron chi connectivity index (χ0n) is 16.8. The number of hydrogen-bond donors (Lipinski definition) is 0. The van der Waals surface area contributed by atoms with E-state index in [0.29, 0.717) is 0 Å². The van der Waals surface area contributed by atoms with Gasteiger partial charge < -0.3 is 0 Å². The molecule has 0 amide bonds. The minimum atomic E-state index is 0.761. The zero-order chi connectivity index (χ0) is 18.4. The van der Waals surface area contributed by atoms with Crippen LogP contribution in [-0.2, 0) is 7.05 Å². The molecule has 134 valence electrons. The molecule has 2 aromatic carbocycles. The van der Waals surface area contributed by atoms with E-state index in [-0.39, 0.29) is 0 Å². The molecule has 0 radical (unpaired) electrons. The lowest BCUT2D eigenvalue weighted by molar-refractivity contribution is -0.665. The Labute approximate surface area is 157 Å². The predicted octanol–water partition coefficient (Wildman–Crippen LogP) is 6.22. The summed E-state index contributed by atoms with van der Waals surface area (Å²) in [6.45, 7) is 8.95. The lowest BCUT2D eigenvalue weighted by Crippen LogP contribution is -2.36. The molecular weight excluding hydrogens is 314 g/mol. The number of fused-ring (bicyclic) bond motifs is 1. The number of benzene rings is 2. The highest BCUT2D eigenvalue weighted by atomic mass is 14.9. The molecule has 26 heavy (non-hydrogen) atoms. The van der Waals surface area contributed by atoms with Gasteiger partial charge in [0.15, 0.2) is 5.69 Å². The molecule has 1 saturated carbocycles. The fourth-order valence-corrected chi connectivity index (χ4v) is 4.70. The molecule has 1 aliphatic rings. The zero-order valence-corrected chi connectivity index (χ0v) is 16.8. The lowest BCUT2D eigenvalue weighted by Gasteiger charge is -2.16. The Kier molecular flexibility index (Phi) is 4.34. The molecule has 1 aromatic heterocycles. The van der Waals surface area contributed by atoms with Gasteiger partial charge >= 0.3 is 0 Å². The topological polar surface area (TPSA) is 3.88 Å². The van der Waals surface area contributed by atoms with E-state index in [1.807, 2.05) is 0 Å². The maximum Gasteiger partial charge on any atom is 0.220 e. The van der Waals surface area contributed by atoms with E-state index in [0.717, 1.165) is 5.92 Å². The van der Waals surface area contributed by atoms with Crippen LogP contribution in [0.4, 0.5) is 0 Å². The Balaban J connectivity index is 2.02. The number of nitrogens with zero attached hydrogens (tertiary/aromatic N) is 1. The summed E-state index contributed by atoms with van der Waals surface area (Å²) in [4.78, 5) is 0. The van der Waals surface area contributed by atoms with Gasteiger partial charge in [0, 0.05) is 18.1 Å². The van der Waals surface area contributed by atoms with E-state index in [2.05, 4.69) is 75.7 Å². The van der Waals surface area contributed by atoms with E-state index < -0.39 is 0 Å². The number of rotatable bonds is 2. The molecule has 3 aromatic rings. The summed E-state index contributed by atoms with van der Waals surface area (Å²) in [5.41, 5.74) is 9.68. The molecule has 1 fully saturated rings. The molecular formula is C25H30N+. The van der Waals surface area contributed by atoms with Gasteiger partial charge in [0.2, 0.25) is 5.69 Å². The fourth-order valence-electron chi connectivity index (χ4n) is 4.70. The van der Waals surface area contributed by atoms with Gasteiger partial charge in [0.25, 0.3) is 0 Å². The molecule has 0 unspecified atom stereocenters. The van der Waals surface area contributed by atoms with Gasteiger partial charge in [-0.15, -0.1) is 0 Å². The van der Waals surface area contributed by atoms with E-state index in [1.54, 1.807) is 5.56 Å². The van der Waals surface area contributed by atoms with Crippen molar-refractivity contribution in [1.82, 2.24) is 0 Å². The maximum atomic E-state index is 2.49. The highest BCUT2D eigenvalue weighted by Crippen LogP contribution is 2.38. The number of hydrogen-bond acceptors (Lipinski definition) is 0. The fraction of sp³-hybridized carbons (Fsp3) is 0.400. The number of aryl methyl sites for hydroxylation is 3. The van der Waals surface area contributed by atoms with Crippen molar-refractivity contribution in [3.05, 3.63) is 64.3 Å². The van der Waals surface area contributed by atoms with Crippen molar-refractivity contribution in [2.75, 3.05) is 0 Å². The van der Waals surface area contributed by atoms with Crippen LogP contribution in [-0.4, -0.2) is 0 Å². The van der Waals surface area contributed by atoms with Gasteiger partial charge in [0.1, 0.15) is 7.05 Å². The quantitative estimate of drug-likeness (QED) is 0.486. The summed E-state index contributed by atoms with van der Waals surface area (Å²) in [5, 5.41) is 2.81. The first-order chi connectivity index (χ1) is 12.5. The normalized spacial score (nSPS) is 15.1. The van der Waals surface area contributed by atoms with Crippen molar-refractivity contribution in [2.45, 2.75) is 59.3 Å². The van der Waals surface area contributed by atoms with Crippen LogP contribution in [0.1, 0.15) is 59.5 Å². The van der Waals surface area contributed by atoms with Crippen LogP contribution in [0.5, 0.6) is 0 Å². The minimum absolute atomic E-state index is 0.761. The molecule has 1 heterocycles. The van der Waals surface area contributed by atoms with Crippen LogP contribution in [0.15, 0.2) is 36.4 Å². The van der Waals surface area contributed by atoms with E-state index in [9.17, 15) is 0 Å². The van der Waals surface area contributed by atoms with Crippen molar-refractivity contribution in [2.24, 2.45) is 7.05 Å². The Morgan fingerprint density at radius 3 is 2.31 bits per heavy atom. The standard InChI is InChI=1S/C25H30N/c1-16-10-11-17(2)23(14-16)25-22-13-12-21(20-8-6-7-9-20)15-24(22)18(3)19(4)26(25)5/h10-15,20H,6-9H2,1-5H3/q+1. The highest BCUT2D eigenvalue weighted by molar-refractivity contribution is 5.96. The van der Waals surface area contributed by atoms with Gasteiger partial charge in [-0.1, -0.05) is 42.7 Å². The molecule has 0 bridgehead atoms. The predicted molar refractivity (Wildman–Crippen MR) is 111 cm³/mol. The summed E-state index contributed by atoms with van der Waals surface area (Å²) in [5.74, 6) is 0.761. The Morgan fingerprint density at radius 2 is 1.58 bits per heavy atom. The van der Waals surface area contributed by atoms with Gasteiger partial charge in [-0.25, -0.2) is 0 Å². The first-order valence-electron chi connectivity index (χ1n) is 9.98. The second-order valence-corrected chi connectivity index (χ2v) is 8.22. The molecule has 1 nitrogen and oxygen atoms in total.